The molecule has 0 spiro atoms. The van der Waals surface area contributed by atoms with Crippen LogP contribution in [0.2, 0.25) is 5.02 Å². The summed E-state index contributed by atoms with van der Waals surface area (Å²) in [6.07, 6.45) is 3.02. The number of piperazine rings is 1. The molecule has 7 rings (SSSR count). The lowest BCUT2D eigenvalue weighted by atomic mass is 10.0. The number of rotatable bonds is 9. The van der Waals surface area contributed by atoms with Crippen LogP contribution in [-0.2, 0) is 22.5 Å². The molecule has 0 aliphatic carbocycles. The molecule has 3 aromatic rings. The van der Waals surface area contributed by atoms with Gasteiger partial charge in [0.15, 0.2) is 5.83 Å². The standard InChI is InChI=1S/C34H37ClFN7O3/c1-22(36)33(44)43-14-13-42(18-25(43)17-37-2)32-27-10-12-41(30-9-4-7-23-6-3-8-28(35)31(23)30)20-29(27)38-34(39-32)45-15-5-11-40-19-26-16-24(40)21-46-26/h3-4,6-9,24-26H,1,5,10-21H2/t24-,25-,26-/m0/s1. The highest BCUT2D eigenvalue weighted by atomic mass is 35.5. The predicted molar refractivity (Wildman–Crippen MR) is 175 cm³/mol. The quantitative estimate of drug-likeness (QED) is 0.191. The molecule has 12 heteroatoms. The molecule has 5 heterocycles. The van der Waals surface area contributed by atoms with Crippen molar-refractivity contribution in [1.82, 2.24) is 19.8 Å². The van der Waals surface area contributed by atoms with Gasteiger partial charge in [-0.1, -0.05) is 42.4 Å². The third-order valence-corrected chi connectivity index (χ3v) is 9.92. The smallest absolute Gasteiger partial charge is 0.318 e. The summed E-state index contributed by atoms with van der Waals surface area (Å²) in [6.45, 7) is 16.3. The highest BCUT2D eigenvalue weighted by Crippen LogP contribution is 2.37. The summed E-state index contributed by atoms with van der Waals surface area (Å²) in [7, 11) is 0. The lowest BCUT2D eigenvalue weighted by molar-refractivity contribution is -0.131. The first-order chi connectivity index (χ1) is 22.4. The van der Waals surface area contributed by atoms with Gasteiger partial charge < -0.3 is 29.0 Å². The lowest BCUT2D eigenvalue weighted by Crippen LogP contribution is -2.57. The van der Waals surface area contributed by atoms with Gasteiger partial charge in [-0.25, -0.2) is 11.0 Å². The van der Waals surface area contributed by atoms with Crippen LogP contribution >= 0.6 is 11.6 Å². The van der Waals surface area contributed by atoms with Crippen molar-refractivity contribution < 1.29 is 18.7 Å². The van der Waals surface area contributed by atoms with Gasteiger partial charge in [0.05, 0.1) is 36.6 Å². The number of hydrogen-bond acceptors (Lipinski definition) is 8. The molecule has 4 aliphatic heterocycles. The molecule has 10 nitrogen and oxygen atoms in total. The third-order valence-electron chi connectivity index (χ3n) is 9.61. The van der Waals surface area contributed by atoms with E-state index in [1.807, 2.05) is 18.2 Å². The molecule has 4 aliphatic rings. The Bertz CT molecular complexity index is 1690. The van der Waals surface area contributed by atoms with Crippen molar-refractivity contribution in [2.75, 3.05) is 68.8 Å². The molecule has 46 heavy (non-hydrogen) atoms. The number of amides is 1. The van der Waals surface area contributed by atoms with Crippen molar-refractivity contribution in [3.63, 3.8) is 0 Å². The largest absolute Gasteiger partial charge is 0.463 e. The van der Waals surface area contributed by atoms with E-state index in [0.29, 0.717) is 55.8 Å². The number of ether oxygens (including phenoxy) is 2. The zero-order valence-corrected chi connectivity index (χ0v) is 26.5. The highest BCUT2D eigenvalue weighted by Gasteiger charge is 2.39. The molecule has 1 aromatic heterocycles. The molecular weight excluding hydrogens is 609 g/mol. The Morgan fingerprint density at radius 3 is 2.76 bits per heavy atom. The lowest BCUT2D eigenvalue weighted by Gasteiger charge is -2.41. The number of anilines is 2. The van der Waals surface area contributed by atoms with Gasteiger partial charge in [0, 0.05) is 61.9 Å². The summed E-state index contributed by atoms with van der Waals surface area (Å²) in [5, 5.41) is 2.80. The normalized spacial score (nSPS) is 22.6. The molecule has 2 aromatic carbocycles. The highest BCUT2D eigenvalue weighted by molar-refractivity contribution is 6.36. The number of aromatic nitrogens is 2. The fourth-order valence-electron chi connectivity index (χ4n) is 7.38. The number of fused-ring (bicyclic) bond motifs is 4. The second kappa shape index (κ2) is 13.0. The van der Waals surface area contributed by atoms with Crippen LogP contribution in [0.1, 0.15) is 24.1 Å². The summed E-state index contributed by atoms with van der Waals surface area (Å²) in [4.78, 5) is 34.2. The molecule has 0 N–H and O–H groups in total. The fraction of sp³-hybridized carbons (Fsp3) is 0.471. The summed E-state index contributed by atoms with van der Waals surface area (Å²) < 4.78 is 25.8. The van der Waals surface area contributed by atoms with Crippen LogP contribution < -0.4 is 14.5 Å². The van der Waals surface area contributed by atoms with Gasteiger partial charge in [-0.2, -0.15) is 9.97 Å². The molecular formula is C34H37ClFN7O3. The van der Waals surface area contributed by atoms with Gasteiger partial charge in [0.1, 0.15) is 11.9 Å². The van der Waals surface area contributed by atoms with Crippen molar-refractivity contribution >= 4 is 39.8 Å². The van der Waals surface area contributed by atoms with Crippen molar-refractivity contribution in [3.05, 3.63) is 76.5 Å². The number of carbonyl (C=O) groups is 1. The van der Waals surface area contributed by atoms with Crippen LogP contribution in [0, 0.1) is 6.57 Å². The fourth-order valence-corrected chi connectivity index (χ4v) is 7.66. The molecule has 1 amide bonds. The van der Waals surface area contributed by atoms with E-state index in [4.69, 9.17) is 37.6 Å². The van der Waals surface area contributed by atoms with E-state index in [-0.39, 0.29) is 13.1 Å². The average molecular weight is 646 g/mol. The Balaban J connectivity index is 1.15. The summed E-state index contributed by atoms with van der Waals surface area (Å²) >= 11 is 6.70. The van der Waals surface area contributed by atoms with E-state index < -0.39 is 17.8 Å². The van der Waals surface area contributed by atoms with Crippen LogP contribution in [0.4, 0.5) is 15.9 Å². The van der Waals surface area contributed by atoms with Crippen molar-refractivity contribution in [1.29, 1.82) is 0 Å². The average Bonchev–Trinajstić information content (AvgIpc) is 3.70. The van der Waals surface area contributed by atoms with Gasteiger partial charge in [0.2, 0.25) is 6.54 Å². The van der Waals surface area contributed by atoms with Gasteiger partial charge in [-0.15, -0.1) is 0 Å². The summed E-state index contributed by atoms with van der Waals surface area (Å²) in [6, 6.07) is 12.5. The number of carbonyl (C=O) groups excluding carboxylic acids is 1. The Morgan fingerprint density at radius 1 is 1.15 bits per heavy atom. The third kappa shape index (κ3) is 5.97. The Hall–Kier alpha value is -3.98. The molecule has 2 bridgehead atoms. The van der Waals surface area contributed by atoms with E-state index in [1.165, 1.54) is 4.90 Å². The van der Waals surface area contributed by atoms with Crippen molar-refractivity contribution in [3.8, 4) is 6.01 Å². The van der Waals surface area contributed by atoms with Gasteiger partial charge in [0.25, 0.3) is 5.91 Å². The van der Waals surface area contributed by atoms with E-state index in [0.717, 1.165) is 72.6 Å². The number of halogens is 2. The number of hydrogen-bond donors (Lipinski definition) is 0. The number of morpholine rings is 1. The number of benzene rings is 2. The minimum absolute atomic E-state index is 0.0607. The van der Waals surface area contributed by atoms with Crippen LogP contribution in [-0.4, -0.2) is 103 Å². The van der Waals surface area contributed by atoms with Crippen LogP contribution in [0.25, 0.3) is 15.6 Å². The maximum Gasteiger partial charge on any atom is 0.318 e. The van der Waals surface area contributed by atoms with Crippen LogP contribution in [0.5, 0.6) is 6.01 Å². The monoisotopic (exact) mass is 645 g/mol. The topological polar surface area (TPSA) is 78.6 Å². The predicted octanol–water partition coefficient (Wildman–Crippen LogP) is 4.51. The van der Waals surface area contributed by atoms with Crippen molar-refractivity contribution in [2.24, 2.45) is 0 Å². The first kappa shape index (κ1) is 30.7. The van der Waals surface area contributed by atoms with E-state index in [9.17, 15) is 9.18 Å². The Labute approximate surface area is 273 Å². The molecule has 3 atom stereocenters. The second-order valence-corrected chi connectivity index (χ2v) is 12.8. The first-order valence-electron chi connectivity index (χ1n) is 15.9. The van der Waals surface area contributed by atoms with Gasteiger partial charge >= 0.3 is 6.01 Å². The second-order valence-electron chi connectivity index (χ2n) is 12.4. The molecule has 0 radical (unpaired) electrons. The zero-order valence-electron chi connectivity index (χ0n) is 25.7. The van der Waals surface area contributed by atoms with Gasteiger partial charge in [-0.05, 0) is 36.8 Å². The molecule has 0 unspecified atom stereocenters. The SMILES string of the molecule is [C-]#[N+]C[C@H]1CN(c2nc(OCCCN3C[C@@H]4C[C@H]3CO4)nc3c2CCN(c2cccc4cccc(Cl)c24)C3)CCN1C(=O)C(=C)F. The van der Waals surface area contributed by atoms with E-state index >= 15 is 0 Å². The zero-order chi connectivity index (χ0) is 31.8. The molecule has 3 fully saturated rings. The minimum atomic E-state index is -1.01. The maximum atomic E-state index is 13.8. The molecule has 0 saturated carbocycles. The van der Waals surface area contributed by atoms with Gasteiger partial charge in [-0.3, -0.25) is 9.69 Å². The Morgan fingerprint density at radius 2 is 2.00 bits per heavy atom. The van der Waals surface area contributed by atoms with E-state index in [1.54, 1.807) is 0 Å². The van der Waals surface area contributed by atoms with Crippen LogP contribution in [0.15, 0.2) is 48.8 Å². The number of nitrogens with zero attached hydrogens (tertiary/aromatic N) is 7. The van der Waals surface area contributed by atoms with Crippen LogP contribution in [0.3, 0.4) is 0 Å². The number of likely N-dealkylation sites (tertiary alicyclic amines) is 1. The summed E-state index contributed by atoms with van der Waals surface area (Å²) in [5.41, 5.74) is 2.96. The maximum absolute atomic E-state index is 13.8. The Kier molecular flexibility index (Phi) is 8.68. The molecule has 240 valence electrons. The molecule has 3 saturated heterocycles. The van der Waals surface area contributed by atoms with Crippen molar-refractivity contribution in [2.45, 2.75) is 44.0 Å². The minimum Gasteiger partial charge on any atom is -0.463 e. The first-order valence-corrected chi connectivity index (χ1v) is 16.3. The van der Waals surface area contributed by atoms with E-state index in [2.05, 4.69) is 44.3 Å². The summed E-state index contributed by atoms with van der Waals surface area (Å²) in [5.74, 6) is -1.02.